The van der Waals surface area contributed by atoms with E-state index >= 15 is 0 Å². The van der Waals surface area contributed by atoms with Gasteiger partial charge in [0, 0.05) is 4.47 Å². The minimum absolute atomic E-state index is 0.00538. The number of nitrogens with zero attached hydrogens (tertiary/aromatic N) is 2. The number of carboxylic acids is 1. The molecule has 1 heterocycles. The number of urea groups is 1. The highest BCUT2D eigenvalue weighted by atomic mass is 79.9. The lowest BCUT2D eigenvalue weighted by Gasteiger charge is -2.09. The Labute approximate surface area is 121 Å². The predicted octanol–water partition coefficient (Wildman–Crippen LogP) is 1.59. The van der Waals surface area contributed by atoms with Gasteiger partial charge in [-0.1, -0.05) is 15.9 Å². The average molecular weight is 340 g/mol. The normalized spacial score (nSPS) is 10.1. The van der Waals surface area contributed by atoms with E-state index in [0.717, 1.165) is 0 Å². The molecule has 9 heteroatoms. The second kappa shape index (κ2) is 6.15. The van der Waals surface area contributed by atoms with Gasteiger partial charge in [-0.2, -0.15) is 5.10 Å². The topological polar surface area (TPSA) is 120 Å². The van der Waals surface area contributed by atoms with Crippen LogP contribution < -0.4 is 10.6 Å². The molecule has 0 unspecified atom stereocenters. The van der Waals surface area contributed by atoms with Gasteiger partial charge in [-0.25, -0.2) is 14.6 Å². The number of amides is 2. The van der Waals surface area contributed by atoms with Crippen molar-refractivity contribution in [1.82, 2.24) is 20.5 Å². The van der Waals surface area contributed by atoms with Crippen LogP contribution in [0.3, 0.4) is 0 Å². The predicted molar refractivity (Wildman–Crippen MR) is 73.3 cm³/mol. The fourth-order valence-electron chi connectivity index (χ4n) is 1.45. The molecule has 8 nitrogen and oxygen atoms in total. The molecule has 2 rings (SSSR count). The molecule has 1 aromatic heterocycles. The molecule has 0 saturated heterocycles. The lowest BCUT2D eigenvalue weighted by atomic mass is 10.2. The number of aromatic nitrogens is 3. The minimum Gasteiger partial charge on any atom is -0.478 e. The number of nitrogens with one attached hydrogen (secondary N) is 3. The van der Waals surface area contributed by atoms with E-state index in [4.69, 9.17) is 5.11 Å². The maximum Gasteiger partial charge on any atom is 0.337 e. The van der Waals surface area contributed by atoms with E-state index in [1.54, 1.807) is 6.07 Å². The SMILES string of the molecule is O=C(NCc1ncn[nH]1)Nc1ccc(Br)cc1C(=O)O. The van der Waals surface area contributed by atoms with Crippen LogP contribution in [0.2, 0.25) is 0 Å². The Morgan fingerprint density at radius 1 is 1.40 bits per heavy atom. The summed E-state index contributed by atoms with van der Waals surface area (Å²) in [6.45, 7) is 0.158. The molecular weight excluding hydrogens is 330 g/mol. The number of carbonyl (C=O) groups excluding carboxylic acids is 1. The van der Waals surface area contributed by atoms with Crippen molar-refractivity contribution in [3.63, 3.8) is 0 Å². The van der Waals surface area contributed by atoms with Gasteiger partial charge in [0.1, 0.15) is 12.2 Å². The second-order valence-corrected chi connectivity index (χ2v) is 4.65. The van der Waals surface area contributed by atoms with Gasteiger partial charge in [0.15, 0.2) is 0 Å². The second-order valence-electron chi connectivity index (χ2n) is 3.73. The Balaban J connectivity index is 2.02. The van der Waals surface area contributed by atoms with Crippen molar-refractivity contribution in [2.75, 3.05) is 5.32 Å². The molecule has 20 heavy (non-hydrogen) atoms. The third-order valence-corrected chi connectivity index (χ3v) is 2.83. The van der Waals surface area contributed by atoms with E-state index in [0.29, 0.717) is 10.3 Å². The Kier molecular flexibility index (Phi) is 4.31. The number of aromatic amines is 1. The molecule has 0 fully saturated rings. The smallest absolute Gasteiger partial charge is 0.337 e. The van der Waals surface area contributed by atoms with Gasteiger partial charge in [0.05, 0.1) is 17.8 Å². The van der Waals surface area contributed by atoms with E-state index in [1.165, 1.54) is 18.5 Å². The third kappa shape index (κ3) is 3.54. The van der Waals surface area contributed by atoms with E-state index in [-0.39, 0.29) is 17.8 Å². The van der Waals surface area contributed by atoms with Crippen LogP contribution >= 0.6 is 15.9 Å². The average Bonchev–Trinajstić information content (AvgIpc) is 2.91. The van der Waals surface area contributed by atoms with Crippen LogP contribution in [-0.4, -0.2) is 32.3 Å². The van der Waals surface area contributed by atoms with Gasteiger partial charge >= 0.3 is 12.0 Å². The van der Waals surface area contributed by atoms with Gasteiger partial charge in [0.25, 0.3) is 0 Å². The van der Waals surface area contributed by atoms with Crippen molar-refractivity contribution in [2.45, 2.75) is 6.54 Å². The Hall–Kier alpha value is -2.42. The first kappa shape index (κ1) is 14.0. The molecule has 2 amide bonds. The maximum absolute atomic E-state index is 11.7. The first-order chi connectivity index (χ1) is 9.56. The number of benzene rings is 1. The van der Waals surface area contributed by atoms with Gasteiger partial charge < -0.3 is 15.7 Å². The highest BCUT2D eigenvalue weighted by Gasteiger charge is 2.13. The van der Waals surface area contributed by atoms with Crippen molar-refractivity contribution >= 4 is 33.6 Å². The van der Waals surface area contributed by atoms with E-state index < -0.39 is 12.0 Å². The lowest BCUT2D eigenvalue weighted by Crippen LogP contribution is -2.29. The highest BCUT2D eigenvalue weighted by molar-refractivity contribution is 9.10. The monoisotopic (exact) mass is 339 g/mol. The zero-order chi connectivity index (χ0) is 14.5. The summed E-state index contributed by atoms with van der Waals surface area (Å²) in [6, 6.07) is 4.01. The Bertz CT molecular complexity index is 629. The number of rotatable bonds is 4. The van der Waals surface area contributed by atoms with Gasteiger partial charge in [-0.3, -0.25) is 5.10 Å². The van der Waals surface area contributed by atoms with Crippen molar-refractivity contribution in [3.05, 3.63) is 40.4 Å². The minimum atomic E-state index is -1.13. The fraction of sp³-hybridized carbons (Fsp3) is 0.0909. The summed E-state index contributed by atoms with van der Waals surface area (Å²) < 4.78 is 0.613. The van der Waals surface area contributed by atoms with Crippen molar-refractivity contribution in [3.8, 4) is 0 Å². The molecule has 0 spiro atoms. The van der Waals surface area contributed by atoms with Crippen molar-refractivity contribution < 1.29 is 14.7 Å². The number of hydrogen-bond acceptors (Lipinski definition) is 4. The van der Waals surface area contributed by atoms with Crippen molar-refractivity contribution in [2.24, 2.45) is 0 Å². The van der Waals surface area contributed by atoms with Crippen molar-refractivity contribution in [1.29, 1.82) is 0 Å². The summed E-state index contributed by atoms with van der Waals surface area (Å²) in [7, 11) is 0. The van der Waals surface area contributed by atoms with Gasteiger partial charge in [-0.05, 0) is 18.2 Å². The molecular formula is C11H10BrN5O3. The Morgan fingerprint density at radius 2 is 2.20 bits per heavy atom. The molecule has 0 radical (unpaired) electrons. The summed E-state index contributed by atoms with van der Waals surface area (Å²) in [6.07, 6.45) is 1.33. The molecule has 0 aliphatic carbocycles. The number of H-pyrrole nitrogens is 1. The quantitative estimate of drug-likeness (QED) is 0.674. The first-order valence-corrected chi connectivity index (χ1v) is 6.27. The third-order valence-electron chi connectivity index (χ3n) is 2.34. The summed E-state index contributed by atoms with van der Waals surface area (Å²) in [5, 5.41) is 20.3. The molecule has 0 bridgehead atoms. The molecule has 4 N–H and O–H groups in total. The van der Waals surface area contributed by atoms with E-state index in [2.05, 4.69) is 41.7 Å². The van der Waals surface area contributed by atoms with Gasteiger partial charge in [0.2, 0.25) is 0 Å². The summed E-state index contributed by atoms with van der Waals surface area (Å²) in [4.78, 5) is 26.6. The standard InChI is InChI=1S/C11H10BrN5O3/c12-6-1-2-8(7(3-6)10(18)19)16-11(20)13-4-9-14-5-15-17-9/h1-3,5H,4H2,(H,18,19)(H2,13,16,20)(H,14,15,17). The molecule has 0 aliphatic heterocycles. The van der Waals surface area contributed by atoms with Gasteiger partial charge in [-0.15, -0.1) is 0 Å². The molecule has 0 saturated carbocycles. The number of carboxylic acid groups (broad SMARTS) is 1. The highest BCUT2D eigenvalue weighted by Crippen LogP contribution is 2.21. The van der Waals surface area contributed by atoms with Crippen LogP contribution in [0.4, 0.5) is 10.5 Å². The summed E-state index contributed by atoms with van der Waals surface area (Å²) >= 11 is 3.18. The Morgan fingerprint density at radius 3 is 2.85 bits per heavy atom. The number of carbonyl (C=O) groups is 2. The summed E-state index contributed by atoms with van der Waals surface area (Å²) in [5.74, 6) is -0.633. The zero-order valence-electron chi connectivity index (χ0n) is 10.1. The van der Waals surface area contributed by atoms with Crippen LogP contribution in [0.5, 0.6) is 0 Å². The molecule has 104 valence electrons. The first-order valence-electron chi connectivity index (χ1n) is 5.48. The van der Waals surface area contributed by atoms with E-state index in [1.807, 2.05) is 0 Å². The molecule has 1 aromatic carbocycles. The lowest BCUT2D eigenvalue weighted by molar-refractivity contribution is 0.0698. The maximum atomic E-state index is 11.7. The number of anilines is 1. The molecule has 2 aromatic rings. The van der Waals surface area contributed by atoms with Crippen LogP contribution in [0.15, 0.2) is 29.0 Å². The number of hydrogen-bond donors (Lipinski definition) is 4. The van der Waals surface area contributed by atoms with E-state index in [9.17, 15) is 9.59 Å². The van der Waals surface area contributed by atoms with Crippen LogP contribution in [0.1, 0.15) is 16.2 Å². The van der Waals surface area contributed by atoms with Crippen LogP contribution in [0, 0.1) is 0 Å². The number of halogens is 1. The van der Waals surface area contributed by atoms with Crippen LogP contribution in [-0.2, 0) is 6.54 Å². The number of aromatic carboxylic acids is 1. The van der Waals surface area contributed by atoms with Crippen LogP contribution in [0.25, 0.3) is 0 Å². The molecule has 0 atom stereocenters. The zero-order valence-corrected chi connectivity index (χ0v) is 11.6. The summed E-state index contributed by atoms with van der Waals surface area (Å²) in [5.41, 5.74) is 0.199. The largest absolute Gasteiger partial charge is 0.478 e. The fourth-order valence-corrected chi connectivity index (χ4v) is 1.81. The molecule has 0 aliphatic rings.